The van der Waals surface area contributed by atoms with Gasteiger partial charge in [-0.2, -0.15) is 0 Å². The molecule has 0 amide bonds. The smallest absolute Gasteiger partial charge is 0.161 e. The van der Waals surface area contributed by atoms with Crippen LogP contribution >= 0.6 is 23.4 Å². The molecule has 1 N–H and O–H groups in total. The Balaban J connectivity index is 2.06. The van der Waals surface area contributed by atoms with Gasteiger partial charge in [0.05, 0.1) is 6.04 Å². The molecule has 0 unspecified atom stereocenters. The molecule has 0 radical (unpaired) electrons. The van der Waals surface area contributed by atoms with Crippen LogP contribution in [0.15, 0.2) is 23.2 Å². The van der Waals surface area contributed by atoms with Crippen LogP contribution in [0.2, 0.25) is 5.02 Å². The summed E-state index contributed by atoms with van der Waals surface area (Å²) in [5.74, 6) is 1.67. The average Bonchev–Trinajstić information content (AvgIpc) is 2.72. The molecule has 4 heteroatoms. The van der Waals surface area contributed by atoms with Crippen molar-refractivity contribution >= 4 is 34.2 Å². The molecule has 1 aliphatic heterocycles. The van der Waals surface area contributed by atoms with Gasteiger partial charge in [0, 0.05) is 16.5 Å². The van der Waals surface area contributed by atoms with E-state index in [4.69, 9.17) is 11.6 Å². The summed E-state index contributed by atoms with van der Waals surface area (Å²) in [6, 6.07) is 6.43. The van der Waals surface area contributed by atoms with E-state index in [0.717, 1.165) is 27.2 Å². The lowest BCUT2D eigenvalue weighted by atomic mass is 10.1. The van der Waals surface area contributed by atoms with Gasteiger partial charge < -0.3 is 5.32 Å². The zero-order valence-corrected chi connectivity index (χ0v) is 11.9. The number of amidine groups is 1. The Labute approximate surface area is 112 Å². The highest BCUT2D eigenvalue weighted by Crippen LogP contribution is 2.26. The highest BCUT2D eigenvalue weighted by molar-refractivity contribution is 8.14. The molecule has 0 saturated carbocycles. The average molecular weight is 269 g/mol. The third-order valence-corrected chi connectivity index (χ3v) is 4.26. The summed E-state index contributed by atoms with van der Waals surface area (Å²) in [6.07, 6.45) is 0. The summed E-state index contributed by atoms with van der Waals surface area (Å²) in [6.45, 7) is 6.42. The lowest BCUT2D eigenvalue weighted by Gasteiger charge is -2.08. The fourth-order valence-corrected chi connectivity index (χ4v) is 2.96. The number of halogens is 1. The van der Waals surface area contributed by atoms with E-state index in [1.54, 1.807) is 11.8 Å². The molecule has 2 rings (SSSR count). The number of aryl methyl sites for hydroxylation is 1. The van der Waals surface area contributed by atoms with Gasteiger partial charge in [-0.05, 0) is 30.5 Å². The van der Waals surface area contributed by atoms with Crippen molar-refractivity contribution in [2.24, 2.45) is 10.9 Å². The zero-order chi connectivity index (χ0) is 12.4. The highest BCUT2D eigenvalue weighted by atomic mass is 35.5. The lowest BCUT2D eigenvalue weighted by molar-refractivity contribution is 0.543. The molecule has 17 heavy (non-hydrogen) atoms. The van der Waals surface area contributed by atoms with E-state index in [9.17, 15) is 0 Å². The van der Waals surface area contributed by atoms with E-state index in [1.807, 2.05) is 25.1 Å². The zero-order valence-electron chi connectivity index (χ0n) is 10.3. The first-order chi connectivity index (χ1) is 8.06. The Morgan fingerprint density at radius 1 is 1.47 bits per heavy atom. The molecule has 0 fully saturated rings. The number of hydrogen-bond acceptors (Lipinski definition) is 3. The first kappa shape index (κ1) is 12.8. The van der Waals surface area contributed by atoms with E-state index in [1.165, 1.54) is 0 Å². The summed E-state index contributed by atoms with van der Waals surface area (Å²) in [7, 11) is 0. The molecule has 0 aliphatic carbocycles. The molecule has 1 aromatic rings. The number of rotatable bonds is 2. The van der Waals surface area contributed by atoms with Crippen LogP contribution in [-0.2, 0) is 0 Å². The van der Waals surface area contributed by atoms with E-state index >= 15 is 0 Å². The Kier molecular flexibility index (Phi) is 4.00. The number of anilines is 1. The second kappa shape index (κ2) is 5.32. The van der Waals surface area contributed by atoms with Gasteiger partial charge in [-0.3, -0.25) is 4.99 Å². The lowest BCUT2D eigenvalue weighted by Crippen LogP contribution is -2.12. The third-order valence-electron chi connectivity index (χ3n) is 2.87. The second-order valence-electron chi connectivity index (χ2n) is 4.65. The molecule has 1 atom stereocenters. The van der Waals surface area contributed by atoms with Crippen LogP contribution in [0.4, 0.5) is 5.69 Å². The van der Waals surface area contributed by atoms with Crippen LogP contribution in [0.5, 0.6) is 0 Å². The highest BCUT2D eigenvalue weighted by Gasteiger charge is 2.21. The molecule has 1 aromatic carbocycles. The van der Waals surface area contributed by atoms with Gasteiger partial charge in [0.2, 0.25) is 0 Å². The first-order valence-electron chi connectivity index (χ1n) is 5.80. The van der Waals surface area contributed by atoms with Crippen molar-refractivity contribution in [3.05, 3.63) is 28.8 Å². The SMILES string of the molecule is Cc1ccc(NC2=N[C@@H](C(C)C)CS2)cc1Cl. The van der Waals surface area contributed by atoms with Gasteiger partial charge in [-0.25, -0.2) is 0 Å². The van der Waals surface area contributed by atoms with Crippen molar-refractivity contribution in [1.82, 2.24) is 0 Å². The van der Waals surface area contributed by atoms with Crippen molar-refractivity contribution in [2.75, 3.05) is 11.1 Å². The number of thioether (sulfide) groups is 1. The minimum Gasteiger partial charge on any atom is -0.335 e. The maximum Gasteiger partial charge on any atom is 0.161 e. The van der Waals surface area contributed by atoms with Crippen LogP contribution in [0.3, 0.4) is 0 Å². The number of aliphatic imine (C=N–C) groups is 1. The van der Waals surface area contributed by atoms with Gasteiger partial charge in [0.25, 0.3) is 0 Å². The van der Waals surface area contributed by atoms with Gasteiger partial charge >= 0.3 is 0 Å². The van der Waals surface area contributed by atoms with Gasteiger partial charge in [0.15, 0.2) is 5.17 Å². The van der Waals surface area contributed by atoms with Crippen molar-refractivity contribution < 1.29 is 0 Å². The molecule has 0 saturated heterocycles. The Hall–Kier alpha value is -0.670. The first-order valence-corrected chi connectivity index (χ1v) is 7.16. The summed E-state index contributed by atoms with van der Waals surface area (Å²) in [5, 5.41) is 5.12. The largest absolute Gasteiger partial charge is 0.335 e. The molecular weight excluding hydrogens is 252 g/mol. The van der Waals surface area contributed by atoms with Crippen molar-refractivity contribution in [2.45, 2.75) is 26.8 Å². The molecular formula is C13H17ClN2S. The van der Waals surface area contributed by atoms with Crippen molar-refractivity contribution in [1.29, 1.82) is 0 Å². The normalized spacial score (nSPS) is 19.6. The Morgan fingerprint density at radius 2 is 2.24 bits per heavy atom. The van der Waals surface area contributed by atoms with Gasteiger partial charge in [-0.1, -0.05) is 43.3 Å². The van der Waals surface area contributed by atoms with Crippen LogP contribution < -0.4 is 5.32 Å². The van der Waals surface area contributed by atoms with Crippen LogP contribution in [-0.4, -0.2) is 17.0 Å². The van der Waals surface area contributed by atoms with E-state index in [-0.39, 0.29) is 0 Å². The maximum atomic E-state index is 6.09. The molecule has 2 nitrogen and oxygen atoms in total. The predicted molar refractivity (Wildman–Crippen MR) is 78.3 cm³/mol. The Morgan fingerprint density at radius 3 is 2.82 bits per heavy atom. The molecule has 1 heterocycles. The molecule has 0 aromatic heterocycles. The Bertz CT molecular complexity index is 443. The number of nitrogens with zero attached hydrogens (tertiary/aromatic N) is 1. The van der Waals surface area contributed by atoms with E-state index in [0.29, 0.717) is 12.0 Å². The predicted octanol–water partition coefficient (Wildman–Crippen LogP) is 4.19. The summed E-state index contributed by atoms with van der Waals surface area (Å²) < 4.78 is 0. The third kappa shape index (κ3) is 3.17. The summed E-state index contributed by atoms with van der Waals surface area (Å²) in [4.78, 5) is 4.66. The fourth-order valence-electron chi connectivity index (χ4n) is 1.59. The number of nitrogens with one attached hydrogen (secondary N) is 1. The maximum absolute atomic E-state index is 6.09. The number of benzene rings is 1. The molecule has 92 valence electrons. The van der Waals surface area contributed by atoms with Crippen molar-refractivity contribution in [3.8, 4) is 0 Å². The van der Waals surface area contributed by atoms with Crippen LogP contribution in [0.1, 0.15) is 19.4 Å². The van der Waals surface area contributed by atoms with Crippen molar-refractivity contribution in [3.63, 3.8) is 0 Å². The van der Waals surface area contributed by atoms with E-state index in [2.05, 4.69) is 24.2 Å². The molecule has 0 bridgehead atoms. The van der Waals surface area contributed by atoms with Gasteiger partial charge in [-0.15, -0.1) is 0 Å². The monoisotopic (exact) mass is 268 g/mol. The summed E-state index contributed by atoms with van der Waals surface area (Å²) in [5.41, 5.74) is 2.11. The summed E-state index contributed by atoms with van der Waals surface area (Å²) >= 11 is 7.87. The fraction of sp³-hybridized carbons (Fsp3) is 0.462. The topological polar surface area (TPSA) is 24.4 Å². The second-order valence-corrected chi connectivity index (χ2v) is 6.06. The number of hydrogen-bond donors (Lipinski definition) is 1. The minimum atomic E-state index is 0.434. The molecule has 0 spiro atoms. The van der Waals surface area contributed by atoms with Gasteiger partial charge in [0.1, 0.15) is 0 Å². The minimum absolute atomic E-state index is 0.434. The van der Waals surface area contributed by atoms with E-state index < -0.39 is 0 Å². The van der Waals surface area contributed by atoms with Crippen LogP contribution in [0.25, 0.3) is 0 Å². The standard InChI is InChI=1S/C13H17ClN2S/c1-8(2)12-7-17-13(16-12)15-10-5-4-9(3)11(14)6-10/h4-6,8,12H,7H2,1-3H3,(H,15,16)/t12-/m1/s1. The quantitative estimate of drug-likeness (QED) is 0.870. The molecule has 1 aliphatic rings. The van der Waals surface area contributed by atoms with Crippen LogP contribution in [0, 0.1) is 12.8 Å².